The van der Waals surface area contributed by atoms with E-state index in [9.17, 15) is 14.4 Å². The lowest BCUT2D eigenvalue weighted by atomic mass is 10.3. The molecule has 0 atom stereocenters. The first-order valence-corrected chi connectivity index (χ1v) is 5.79. The number of aromatic amines is 1. The fourth-order valence-corrected chi connectivity index (χ4v) is 1.79. The van der Waals surface area contributed by atoms with Crippen LogP contribution in [0.15, 0.2) is 6.33 Å². The van der Waals surface area contributed by atoms with E-state index in [4.69, 9.17) is 0 Å². The zero-order valence-corrected chi connectivity index (χ0v) is 10.4. The quantitative estimate of drug-likeness (QED) is 0.597. The number of nitrogens with zero attached hydrogens (tertiary/aromatic N) is 4. The fourth-order valence-electron chi connectivity index (χ4n) is 1.79. The Bertz CT molecular complexity index is 477. The highest BCUT2D eigenvalue weighted by Gasteiger charge is 2.27. The Balaban J connectivity index is 1.87. The van der Waals surface area contributed by atoms with Crippen LogP contribution in [0, 0.1) is 0 Å². The summed E-state index contributed by atoms with van der Waals surface area (Å²) in [5.41, 5.74) is 0. The van der Waals surface area contributed by atoms with E-state index >= 15 is 0 Å². The zero-order valence-electron chi connectivity index (χ0n) is 10.4. The van der Waals surface area contributed by atoms with E-state index in [0.29, 0.717) is 26.2 Å². The summed E-state index contributed by atoms with van der Waals surface area (Å²) in [6.45, 7) is 3.06. The van der Waals surface area contributed by atoms with Crippen LogP contribution < -0.4 is 5.32 Å². The fraction of sp³-hybridized carbons (Fsp3) is 0.500. The molecule has 2 heterocycles. The Morgan fingerprint density at radius 2 is 1.84 bits per heavy atom. The molecule has 0 aromatic carbocycles. The first-order chi connectivity index (χ1) is 9.08. The van der Waals surface area contributed by atoms with Crippen LogP contribution >= 0.6 is 0 Å². The van der Waals surface area contributed by atoms with E-state index < -0.39 is 11.8 Å². The van der Waals surface area contributed by atoms with Crippen LogP contribution in [0.3, 0.4) is 0 Å². The molecule has 1 aromatic rings. The number of carbonyl (C=O) groups is 3. The summed E-state index contributed by atoms with van der Waals surface area (Å²) in [6.07, 6.45) is 1.23. The number of aromatic nitrogens is 3. The second kappa shape index (κ2) is 5.46. The van der Waals surface area contributed by atoms with Crippen LogP contribution in [0.1, 0.15) is 6.92 Å². The van der Waals surface area contributed by atoms with Gasteiger partial charge in [0.25, 0.3) is 0 Å². The minimum absolute atomic E-state index is 0.0294. The summed E-state index contributed by atoms with van der Waals surface area (Å²) in [4.78, 5) is 41.4. The predicted molar refractivity (Wildman–Crippen MR) is 63.8 cm³/mol. The van der Waals surface area contributed by atoms with E-state index in [1.165, 1.54) is 18.2 Å². The Labute approximate surface area is 109 Å². The van der Waals surface area contributed by atoms with Gasteiger partial charge in [-0.3, -0.25) is 19.7 Å². The molecule has 3 amide bonds. The topological polar surface area (TPSA) is 111 Å². The van der Waals surface area contributed by atoms with Crippen LogP contribution in [0.25, 0.3) is 0 Å². The molecule has 0 aliphatic carbocycles. The van der Waals surface area contributed by atoms with E-state index in [-0.39, 0.29) is 11.9 Å². The molecule has 0 radical (unpaired) electrons. The van der Waals surface area contributed by atoms with Crippen LogP contribution in [0.5, 0.6) is 0 Å². The number of anilines is 1. The summed E-state index contributed by atoms with van der Waals surface area (Å²) >= 11 is 0. The van der Waals surface area contributed by atoms with Crippen molar-refractivity contribution in [1.29, 1.82) is 0 Å². The maximum absolute atomic E-state index is 11.8. The van der Waals surface area contributed by atoms with Gasteiger partial charge >= 0.3 is 11.8 Å². The summed E-state index contributed by atoms with van der Waals surface area (Å²) < 4.78 is 0. The Morgan fingerprint density at radius 1 is 1.21 bits per heavy atom. The second-order valence-corrected chi connectivity index (χ2v) is 4.09. The number of nitrogens with one attached hydrogen (secondary N) is 2. The maximum atomic E-state index is 11.8. The molecular formula is C10H14N6O3. The Morgan fingerprint density at radius 3 is 2.37 bits per heavy atom. The van der Waals surface area contributed by atoms with Crippen molar-refractivity contribution in [2.75, 3.05) is 31.5 Å². The van der Waals surface area contributed by atoms with Crippen LogP contribution in [0.2, 0.25) is 0 Å². The van der Waals surface area contributed by atoms with Gasteiger partial charge < -0.3 is 9.80 Å². The van der Waals surface area contributed by atoms with Crippen molar-refractivity contribution in [3.8, 4) is 0 Å². The van der Waals surface area contributed by atoms with Crippen molar-refractivity contribution in [2.24, 2.45) is 0 Å². The normalized spacial score (nSPS) is 15.2. The van der Waals surface area contributed by atoms with Gasteiger partial charge in [-0.15, -0.1) is 0 Å². The molecule has 1 aromatic heterocycles. The summed E-state index contributed by atoms with van der Waals surface area (Å²) in [5.74, 6) is -1.31. The lowest BCUT2D eigenvalue weighted by Gasteiger charge is -2.33. The average Bonchev–Trinajstić information content (AvgIpc) is 2.90. The van der Waals surface area contributed by atoms with Crippen molar-refractivity contribution < 1.29 is 14.4 Å². The predicted octanol–water partition coefficient (Wildman–Crippen LogP) is -1.57. The summed E-state index contributed by atoms with van der Waals surface area (Å²) in [5, 5.41) is 8.30. The van der Waals surface area contributed by atoms with Crippen molar-refractivity contribution in [2.45, 2.75) is 6.92 Å². The monoisotopic (exact) mass is 266 g/mol. The molecule has 2 rings (SSSR count). The van der Waals surface area contributed by atoms with E-state index in [1.54, 1.807) is 4.90 Å². The van der Waals surface area contributed by atoms with E-state index in [0.717, 1.165) is 0 Å². The second-order valence-electron chi connectivity index (χ2n) is 4.09. The van der Waals surface area contributed by atoms with Crippen LogP contribution in [0.4, 0.5) is 5.95 Å². The standard InChI is InChI=1S/C10H14N6O3/c1-7(17)15-2-4-16(5-3-15)9(19)8(18)13-10-11-6-12-14-10/h6H,2-5H2,1H3,(H2,11,12,13,14,18). The molecule has 0 unspecified atom stereocenters. The molecule has 1 fully saturated rings. The van der Waals surface area contributed by atoms with E-state index in [1.807, 2.05) is 0 Å². The minimum atomic E-state index is -0.770. The summed E-state index contributed by atoms with van der Waals surface area (Å²) in [6, 6.07) is 0. The number of piperazine rings is 1. The maximum Gasteiger partial charge on any atom is 0.316 e. The molecule has 9 nitrogen and oxygen atoms in total. The Kier molecular flexibility index (Phi) is 3.74. The number of hydrogen-bond acceptors (Lipinski definition) is 5. The molecule has 1 saturated heterocycles. The average molecular weight is 266 g/mol. The molecule has 1 aliphatic rings. The first kappa shape index (κ1) is 13.0. The van der Waals surface area contributed by atoms with Crippen molar-refractivity contribution in [3.05, 3.63) is 6.33 Å². The molecular weight excluding hydrogens is 252 g/mol. The van der Waals surface area contributed by atoms with Crippen LogP contribution in [-0.4, -0.2) is 68.9 Å². The third-order valence-electron chi connectivity index (χ3n) is 2.85. The SMILES string of the molecule is CC(=O)N1CCN(C(=O)C(=O)Nc2ncn[nH]2)CC1. The van der Waals surface area contributed by atoms with Gasteiger partial charge in [0.15, 0.2) is 0 Å². The number of H-pyrrole nitrogens is 1. The van der Waals surface area contributed by atoms with Gasteiger partial charge in [-0.1, -0.05) is 0 Å². The van der Waals surface area contributed by atoms with Gasteiger partial charge in [-0.2, -0.15) is 10.1 Å². The van der Waals surface area contributed by atoms with Crippen molar-refractivity contribution in [3.63, 3.8) is 0 Å². The highest BCUT2D eigenvalue weighted by Crippen LogP contribution is 2.03. The van der Waals surface area contributed by atoms with Crippen molar-refractivity contribution in [1.82, 2.24) is 25.0 Å². The molecule has 0 spiro atoms. The highest BCUT2D eigenvalue weighted by atomic mass is 16.2. The molecule has 9 heteroatoms. The van der Waals surface area contributed by atoms with Gasteiger partial charge in [0.05, 0.1) is 0 Å². The molecule has 0 bridgehead atoms. The van der Waals surface area contributed by atoms with Gasteiger partial charge in [0.2, 0.25) is 11.9 Å². The number of amides is 3. The largest absolute Gasteiger partial charge is 0.339 e. The third kappa shape index (κ3) is 3.06. The Hall–Kier alpha value is -2.45. The first-order valence-electron chi connectivity index (χ1n) is 5.79. The zero-order chi connectivity index (χ0) is 13.8. The van der Waals surface area contributed by atoms with Gasteiger partial charge in [-0.25, -0.2) is 5.10 Å². The minimum Gasteiger partial charge on any atom is -0.339 e. The molecule has 19 heavy (non-hydrogen) atoms. The van der Waals surface area contributed by atoms with Gasteiger partial charge in [-0.05, 0) is 0 Å². The third-order valence-corrected chi connectivity index (χ3v) is 2.85. The smallest absolute Gasteiger partial charge is 0.316 e. The van der Waals surface area contributed by atoms with Gasteiger partial charge in [0, 0.05) is 33.1 Å². The molecule has 1 aliphatic heterocycles. The number of rotatable bonds is 1. The lowest BCUT2D eigenvalue weighted by molar-refractivity contribution is -0.145. The highest BCUT2D eigenvalue weighted by molar-refractivity contribution is 6.39. The van der Waals surface area contributed by atoms with Crippen molar-refractivity contribution >= 4 is 23.7 Å². The number of carbonyl (C=O) groups excluding carboxylic acids is 3. The van der Waals surface area contributed by atoms with E-state index in [2.05, 4.69) is 20.5 Å². The molecule has 102 valence electrons. The van der Waals surface area contributed by atoms with Gasteiger partial charge in [0.1, 0.15) is 6.33 Å². The molecule has 2 N–H and O–H groups in total. The number of hydrogen-bond donors (Lipinski definition) is 2. The summed E-state index contributed by atoms with van der Waals surface area (Å²) in [7, 11) is 0. The van der Waals surface area contributed by atoms with Crippen LogP contribution in [-0.2, 0) is 14.4 Å². The lowest BCUT2D eigenvalue weighted by Crippen LogP contribution is -2.52. The molecule has 0 saturated carbocycles.